The summed E-state index contributed by atoms with van der Waals surface area (Å²) in [6.45, 7) is 0. The molecule has 2 nitrogen and oxygen atoms in total. The Morgan fingerprint density at radius 1 is 0.867 bits per heavy atom. The second kappa shape index (κ2) is 5.25. The van der Waals surface area contributed by atoms with Crippen LogP contribution in [0.4, 0.5) is 0 Å². The van der Waals surface area contributed by atoms with Crippen molar-refractivity contribution in [3.8, 4) is 0 Å². The van der Waals surface area contributed by atoms with Gasteiger partial charge in [0.15, 0.2) is 0 Å². The maximum Gasteiger partial charge on any atom is 0.0299 e. The van der Waals surface area contributed by atoms with Gasteiger partial charge in [0.2, 0.25) is 0 Å². The van der Waals surface area contributed by atoms with E-state index >= 15 is 0 Å². The Labute approximate surface area is 90.0 Å². The Bertz CT molecular complexity index is 344. The zero-order valence-corrected chi connectivity index (χ0v) is 8.50. The predicted octanol–water partition coefficient (Wildman–Crippen LogP) is 2.47. The van der Waals surface area contributed by atoms with Crippen LogP contribution in [-0.4, -0.2) is 9.97 Å². The molecule has 1 radical (unpaired) electrons. The predicted molar refractivity (Wildman–Crippen MR) is 60.2 cm³/mol. The van der Waals surface area contributed by atoms with Crippen LogP contribution < -0.4 is 0 Å². The highest BCUT2D eigenvalue weighted by Crippen LogP contribution is 2.05. The summed E-state index contributed by atoms with van der Waals surface area (Å²) in [5.41, 5.74) is 2.56. The van der Waals surface area contributed by atoms with Gasteiger partial charge in [-0.2, -0.15) is 0 Å². The molecular formula is C13H13N2. The average molecular weight is 197 g/mol. The van der Waals surface area contributed by atoms with E-state index in [9.17, 15) is 0 Å². The fourth-order valence-corrected chi connectivity index (χ4v) is 1.44. The number of hydrogen-bond acceptors (Lipinski definition) is 2. The SMILES string of the molecule is [CH](Cc1ccncc1)Cc1cccnc1. The number of rotatable bonds is 4. The van der Waals surface area contributed by atoms with Crippen molar-refractivity contribution >= 4 is 0 Å². The van der Waals surface area contributed by atoms with Crippen LogP contribution in [0.2, 0.25) is 0 Å². The van der Waals surface area contributed by atoms with Crippen molar-refractivity contribution in [1.29, 1.82) is 0 Å². The third-order valence-corrected chi connectivity index (χ3v) is 2.23. The lowest BCUT2D eigenvalue weighted by molar-refractivity contribution is 1.01. The van der Waals surface area contributed by atoms with Crippen LogP contribution in [0, 0.1) is 6.42 Å². The smallest absolute Gasteiger partial charge is 0.0299 e. The molecule has 2 heteroatoms. The first-order chi connectivity index (χ1) is 7.45. The van der Waals surface area contributed by atoms with E-state index in [0.717, 1.165) is 12.8 Å². The number of nitrogens with zero attached hydrogens (tertiary/aromatic N) is 2. The molecule has 2 heterocycles. The zero-order chi connectivity index (χ0) is 10.3. The van der Waals surface area contributed by atoms with E-state index in [-0.39, 0.29) is 0 Å². The van der Waals surface area contributed by atoms with Gasteiger partial charge in [-0.15, -0.1) is 0 Å². The first-order valence-corrected chi connectivity index (χ1v) is 5.04. The Morgan fingerprint density at radius 3 is 2.40 bits per heavy atom. The molecule has 75 valence electrons. The molecule has 0 aliphatic rings. The quantitative estimate of drug-likeness (QED) is 0.752. The third kappa shape index (κ3) is 3.17. The van der Waals surface area contributed by atoms with Gasteiger partial charge in [0, 0.05) is 24.8 Å². The summed E-state index contributed by atoms with van der Waals surface area (Å²) in [7, 11) is 0. The summed E-state index contributed by atoms with van der Waals surface area (Å²) < 4.78 is 0. The summed E-state index contributed by atoms with van der Waals surface area (Å²) in [6.07, 6.45) is 11.6. The molecule has 0 aliphatic carbocycles. The summed E-state index contributed by atoms with van der Waals surface area (Å²) in [5, 5.41) is 0. The Kier molecular flexibility index (Phi) is 3.44. The highest BCUT2D eigenvalue weighted by molar-refractivity contribution is 5.15. The third-order valence-electron chi connectivity index (χ3n) is 2.23. The van der Waals surface area contributed by atoms with Crippen LogP contribution in [0.5, 0.6) is 0 Å². The van der Waals surface area contributed by atoms with Crippen molar-refractivity contribution < 1.29 is 0 Å². The van der Waals surface area contributed by atoms with E-state index in [1.54, 1.807) is 6.20 Å². The fraction of sp³-hybridized carbons (Fsp3) is 0.154. The lowest BCUT2D eigenvalue weighted by Gasteiger charge is -2.00. The molecule has 0 atom stereocenters. The second-order valence-corrected chi connectivity index (χ2v) is 3.41. The minimum absolute atomic E-state index is 0.968. The van der Waals surface area contributed by atoms with Crippen molar-refractivity contribution in [3.05, 3.63) is 66.6 Å². The molecule has 0 aliphatic heterocycles. The van der Waals surface area contributed by atoms with Gasteiger partial charge in [0.1, 0.15) is 0 Å². The maximum atomic E-state index is 4.08. The summed E-state index contributed by atoms with van der Waals surface area (Å²) >= 11 is 0. The van der Waals surface area contributed by atoms with Crippen molar-refractivity contribution in [2.24, 2.45) is 0 Å². The molecule has 2 aromatic heterocycles. The molecule has 0 unspecified atom stereocenters. The van der Waals surface area contributed by atoms with Gasteiger partial charge in [-0.3, -0.25) is 9.97 Å². The molecule has 0 spiro atoms. The van der Waals surface area contributed by atoms with Gasteiger partial charge in [0.25, 0.3) is 0 Å². The highest BCUT2D eigenvalue weighted by Gasteiger charge is 1.94. The van der Waals surface area contributed by atoms with Gasteiger partial charge in [-0.25, -0.2) is 0 Å². The standard InChI is InChI=1S/C13H13N2/c1(3-12-6-9-14-10-7-12)4-13-5-2-8-15-11-13/h1-2,5-11H,3-4H2. The topological polar surface area (TPSA) is 25.8 Å². The average Bonchev–Trinajstić information content (AvgIpc) is 2.32. The Hall–Kier alpha value is -1.70. The molecule has 2 rings (SSSR count). The lowest BCUT2D eigenvalue weighted by atomic mass is 10.1. The van der Waals surface area contributed by atoms with Gasteiger partial charge in [-0.05, 0) is 48.6 Å². The van der Waals surface area contributed by atoms with Gasteiger partial charge in [0.05, 0.1) is 0 Å². The fourth-order valence-electron chi connectivity index (χ4n) is 1.44. The summed E-state index contributed by atoms with van der Waals surface area (Å²) in [6, 6.07) is 8.14. The Balaban J connectivity index is 1.81. The number of hydrogen-bond donors (Lipinski definition) is 0. The van der Waals surface area contributed by atoms with Crippen LogP contribution in [0.3, 0.4) is 0 Å². The second-order valence-electron chi connectivity index (χ2n) is 3.41. The molecular weight excluding hydrogens is 184 g/mol. The maximum absolute atomic E-state index is 4.08. The first kappa shape index (κ1) is 9.84. The van der Waals surface area contributed by atoms with Crippen LogP contribution in [0.15, 0.2) is 49.1 Å². The van der Waals surface area contributed by atoms with E-state index in [2.05, 4.69) is 22.5 Å². The zero-order valence-electron chi connectivity index (χ0n) is 8.50. The molecule has 0 saturated carbocycles. The first-order valence-electron chi connectivity index (χ1n) is 5.04. The monoisotopic (exact) mass is 197 g/mol. The van der Waals surface area contributed by atoms with Crippen molar-refractivity contribution in [2.45, 2.75) is 12.8 Å². The highest BCUT2D eigenvalue weighted by atomic mass is 14.6. The molecule has 0 aromatic carbocycles. The molecule has 0 saturated heterocycles. The van der Waals surface area contributed by atoms with E-state index in [1.807, 2.05) is 36.8 Å². The van der Waals surface area contributed by atoms with Crippen molar-refractivity contribution in [2.75, 3.05) is 0 Å². The van der Waals surface area contributed by atoms with E-state index in [1.165, 1.54) is 11.1 Å². The normalized spacial score (nSPS) is 10.1. The van der Waals surface area contributed by atoms with Crippen molar-refractivity contribution in [1.82, 2.24) is 9.97 Å². The number of pyridine rings is 2. The van der Waals surface area contributed by atoms with E-state index in [4.69, 9.17) is 0 Å². The van der Waals surface area contributed by atoms with Crippen molar-refractivity contribution in [3.63, 3.8) is 0 Å². The van der Waals surface area contributed by atoms with E-state index < -0.39 is 0 Å². The molecule has 2 aromatic rings. The lowest BCUT2D eigenvalue weighted by Crippen LogP contribution is -1.91. The van der Waals surface area contributed by atoms with Gasteiger partial charge in [-0.1, -0.05) is 6.07 Å². The van der Waals surface area contributed by atoms with Crippen LogP contribution in [-0.2, 0) is 12.8 Å². The van der Waals surface area contributed by atoms with Crippen LogP contribution >= 0.6 is 0 Å². The van der Waals surface area contributed by atoms with Gasteiger partial charge >= 0.3 is 0 Å². The van der Waals surface area contributed by atoms with E-state index in [0.29, 0.717) is 0 Å². The minimum Gasteiger partial charge on any atom is -0.265 e. The minimum atomic E-state index is 0.968. The molecule has 0 fully saturated rings. The Morgan fingerprint density at radius 2 is 1.67 bits per heavy atom. The molecule has 15 heavy (non-hydrogen) atoms. The number of aromatic nitrogens is 2. The largest absolute Gasteiger partial charge is 0.265 e. The summed E-state index contributed by atoms with van der Waals surface area (Å²) in [4.78, 5) is 8.07. The molecule has 0 bridgehead atoms. The van der Waals surface area contributed by atoms with Crippen LogP contribution in [0.1, 0.15) is 11.1 Å². The molecule has 0 N–H and O–H groups in total. The molecule has 0 amide bonds. The summed E-state index contributed by atoms with van der Waals surface area (Å²) in [5.74, 6) is 0. The van der Waals surface area contributed by atoms with Crippen LogP contribution in [0.25, 0.3) is 0 Å². The van der Waals surface area contributed by atoms with Gasteiger partial charge < -0.3 is 0 Å².